The molecule has 0 aliphatic rings. The molecule has 0 aliphatic heterocycles. The molecule has 0 atom stereocenters. The van der Waals surface area contributed by atoms with E-state index < -0.39 is 5.97 Å². The minimum atomic E-state index is -0.932. The molecule has 0 unspecified atom stereocenters. The molecule has 1 heterocycles. The van der Waals surface area contributed by atoms with E-state index in [1.807, 2.05) is 13.0 Å². The van der Waals surface area contributed by atoms with Crippen molar-refractivity contribution < 1.29 is 9.90 Å². The summed E-state index contributed by atoms with van der Waals surface area (Å²) in [5.41, 5.74) is 1.93. The van der Waals surface area contributed by atoms with Gasteiger partial charge in [-0.1, -0.05) is 6.07 Å². The fraction of sp³-hybridized carbons (Fsp3) is 0.0909. The Bertz CT molecular complexity index is 489. The predicted octanol–water partition coefficient (Wildman–Crippen LogP) is 1.88. The van der Waals surface area contributed by atoms with Crippen molar-refractivity contribution in [3.8, 4) is 5.69 Å². The lowest BCUT2D eigenvalue weighted by molar-refractivity contribution is 0.0697. The highest BCUT2D eigenvalue weighted by molar-refractivity contribution is 5.92. The predicted molar refractivity (Wildman–Crippen MR) is 55.3 cm³/mol. The number of nitrogens with zero attached hydrogens (tertiary/aromatic N) is 2. The number of carboxylic acids is 1. The van der Waals surface area contributed by atoms with Crippen molar-refractivity contribution >= 4 is 5.97 Å². The fourth-order valence-corrected chi connectivity index (χ4v) is 1.44. The monoisotopic (exact) mass is 202 g/mol. The van der Waals surface area contributed by atoms with Gasteiger partial charge in [0.05, 0.1) is 17.6 Å². The molecule has 15 heavy (non-hydrogen) atoms. The lowest BCUT2D eigenvalue weighted by Gasteiger charge is -2.07. The van der Waals surface area contributed by atoms with Gasteiger partial charge < -0.3 is 9.67 Å². The van der Waals surface area contributed by atoms with Crippen LogP contribution in [-0.4, -0.2) is 20.6 Å². The first kappa shape index (κ1) is 9.45. The van der Waals surface area contributed by atoms with Crippen LogP contribution in [-0.2, 0) is 0 Å². The topological polar surface area (TPSA) is 55.1 Å². The SMILES string of the molecule is Cc1ccc(C(=O)O)c(-n2ccnc2)c1. The van der Waals surface area contributed by atoms with Crippen molar-refractivity contribution in [2.45, 2.75) is 6.92 Å². The molecule has 4 heteroatoms. The first-order valence-corrected chi connectivity index (χ1v) is 4.51. The summed E-state index contributed by atoms with van der Waals surface area (Å²) in [4.78, 5) is 14.9. The van der Waals surface area contributed by atoms with Gasteiger partial charge in [0.15, 0.2) is 0 Å². The number of carboxylic acid groups (broad SMARTS) is 1. The van der Waals surface area contributed by atoms with Crippen LogP contribution in [0.25, 0.3) is 5.69 Å². The van der Waals surface area contributed by atoms with Gasteiger partial charge in [-0.3, -0.25) is 0 Å². The highest BCUT2D eigenvalue weighted by Crippen LogP contribution is 2.16. The summed E-state index contributed by atoms with van der Waals surface area (Å²) in [6, 6.07) is 5.21. The maximum atomic E-state index is 11.0. The van der Waals surface area contributed by atoms with E-state index in [2.05, 4.69) is 4.98 Å². The number of hydrogen-bond donors (Lipinski definition) is 1. The van der Waals surface area contributed by atoms with E-state index in [4.69, 9.17) is 5.11 Å². The van der Waals surface area contributed by atoms with Crippen LogP contribution < -0.4 is 0 Å². The molecule has 0 saturated carbocycles. The van der Waals surface area contributed by atoms with E-state index in [1.54, 1.807) is 35.4 Å². The Morgan fingerprint density at radius 3 is 2.87 bits per heavy atom. The quantitative estimate of drug-likeness (QED) is 0.808. The van der Waals surface area contributed by atoms with Gasteiger partial charge in [0.1, 0.15) is 0 Å². The summed E-state index contributed by atoms with van der Waals surface area (Å²) in [5, 5.41) is 9.02. The van der Waals surface area contributed by atoms with Crippen LogP contribution in [0.4, 0.5) is 0 Å². The van der Waals surface area contributed by atoms with Crippen molar-refractivity contribution in [2.24, 2.45) is 0 Å². The van der Waals surface area contributed by atoms with E-state index in [-0.39, 0.29) is 5.56 Å². The summed E-state index contributed by atoms with van der Waals surface area (Å²) in [7, 11) is 0. The highest BCUT2D eigenvalue weighted by Gasteiger charge is 2.10. The van der Waals surface area contributed by atoms with E-state index in [0.29, 0.717) is 5.69 Å². The van der Waals surface area contributed by atoms with Crippen molar-refractivity contribution in [2.75, 3.05) is 0 Å². The Hall–Kier alpha value is -2.10. The standard InChI is InChI=1S/C11H10N2O2/c1-8-2-3-9(11(14)15)10(6-8)13-5-4-12-7-13/h2-7H,1H3,(H,14,15). The lowest BCUT2D eigenvalue weighted by atomic mass is 10.1. The number of aromatic nitrogens is 2. The zero-order valence-corrected chi connectivity index (χ0v) is 8.21. The van der Waals surface area contributed by atoms with Gasteiger partial charge in [0.2, 0.25) is 0 Å². The third-order valence-corrected chi connectivity index (χ3v) is 2.17. The molecular formula is C11H10N2O2. The Labute approximate surface area is 86.8 Å². The van der Waals surface area contributed by atoms with E-state index in [1.165, 1.54) is 0 Å². The third-order valence-electron chi connectivity index (χ3n) is 2.17. The largest absolute Gasteiger partial charge is 0.478 e. The summed E-state index contributed by atoms with van der Waals surface area (Å²) >= 11 is 0. The Morgan fingerprint density at radius 1 is 1.47 bits per heavy atom. The van der Waals surface area contributed by atoms with Gasteiger partial charge in [-0.05, 0) is 24.6 Å². The van der Waals surface area contributed by atoms with Crippen LogP contribution in [0.1, 0.15) is 15.9 Å². The molecule has 4 nitrogen and oxygen atoms in total. The first-order chi connectivity index (χ1) is 7.18. The molecule has 2 rings (SSSR count). The zero-order chi connectivity index (χ0) is 10.8. The molecule has 0 spiro atoms. The number of aryl methyl sites for hydroxylation is 1. The second-order valence-corrected chi connectivity index (χ2v) is 3.30. The van der Waals surface area contributed by atoms with Gasteiger partial charge in [-0.25, -0.2) is 9.78 Å². The van der Waals surface area contributed by atoms with Gasteiger partial charge in [0, 0.05) is 12.4 Å². The zero-order valence-electron chi connectivity index (χ0n) is 8.21. The molecule has 2 aromatic rings. The Balaban J connectivity index is 2.63. The maximum absolute atomic E-state index is 11.0. The van der Waals surface area contributed by atoms with Crippen LogP contribution >= 0.6 is 0 Å². The lowest BCUT2D eigenvalue weighted by Crippen LogP contribution is -2.04. The molecule has 0 amide bonds. The maximum Gasteiger partial charge on any atom is 0.337 e. The number of rotatable bonds is 2. The van der Waals surface area contributed by atoms with Crippen molar-refractivity contribution in [1.29, 1.82) is 0 Å². The van der Waals surface area contributed by atoms with Gasteiger partial charge in [0.25, 0.3) is 0 Å². The van der Waals surface area contributed by atoms with Crippen LogP contribution in [0.15, 0.2) is 36.9 Å². The number of hydrogen-bond acceptors (Lipinski definition) is 2. The molecular weight excluding hydrogens is 192 g/mol. The average molecular weight is 202 g/mol. The summed E-state index contributed by atoms with van der Waals surface area (Å²) < 4.78 is 1.69. The van der Waals surface area contributed by atoms with Crippen molar-refractivity contribution in [3.05, 3.63) is 48.0 Å². The molecule has 0 radical (unpaired) electrons. The molecule has 1 aromatic heterocycles. The summed E-state index contributed by atoms with van der Waals surface area (Å²) in [5.74, 6) is -0.932. The number of carbonyl (C=O) groups is 1. The molecule has 0 aliphatic carbocycles. The third kappa shape index (κ3) is 1.74. The van der Waals surface area contributed by atoms with Gasteiger partial charge in [-0.15, -0.1) is 0 Å². The summed E-state index contributed by atoms with van der Waals surface area (Å²) in [6.45, 7) is 1.92. The van der Waals surface area contributed by atoms with Crippen LogP contribution in [0, 0.1) is 6.92 Å². The molecule has 1 aromatic carbocycles. The molecule has 0 fully saturated rings. The second kappa shape index (κ2) is 3.57. The first-order valence-electron chi connectivity index (χ1n) is 4.51. The van der Waals surface area contributed by atoms with Crippen molar-refractivity contribution in [1.82, 2.24) is 9.55 Å². The number of imidazole rings is 1. The average Bonchev–Trinajstić information content (AvgIpc) is 2.69. The smallest absolute Gasteiger partial charge is 0.337 e. The van der Waals surface area contributed by atoms with Gasteiger partial charge in [-0.2, -0.15) is 0 Å². The molecule has 0 saturated heterocycles. The fourth-order valence-electron chi connectivity index (χ4n) is 1.44. The molecule has 0 bridgehead atoms. The molecule has 76 valence electrons. The van der Waals surface area contributed by atoms with Crippen LogP contribution in [0.3, 0.4) is 0 Å². The van der Waals surface area contributed by atoms with E-state index in [0.717, 1.165) is 5.56 Å². The second-order valence-electron chi connectivity index (χ2n) is 3.30. The van der Waals surface area contributed by atoms with Crippen LogP contribution in [0.5, 0.6) is 0 Å². The minimum Gasteiger partial charge on any atom is -0.478 e. The number of benzene rings is 1. The Morgan fingerprint density at radius 2 is 2.27 bits per heavy atom. The van der Waals surface area contributed by atoms with Gasteiger partial charge >= 0.3 is 5.97 Å². The van der Waals surface area contributed by atoms with E-state index >= 15 is 0 Å². The van der Waals surface area contributed by atoms with Crippen LogP contribution in [0.2, 0.25) is 0 Å². The minimum absolute atomic E-state index is 0.276. The van der Waals surface area contributed by atoms with Crippen molar-refractivity contribution in [3.63, 3.8) is 0 Å². The molecule has 1 N–H and O–H groups in total. The normalized spacial score (nSPS) is 10.2. The Kier molecular flexibility index (Phi) is 2.25. The summed E-state index contributed by atoms with van der Waals surface area (Å²) in [6.07, 6.45) is 4.93. The highest BCUT2D eigenvalue weighted by atomic mass is 16.4. The number of aromatic carboxylic acids is 1. The van der Waals surface area contributed by atoms with E-state index in [9.17, 15) is 4.79 Å².